The van der Waals surface area contributed by atoms with Gasteiger partial charge in [0.1, 0.15) is 5.58 Å². The van der Waals surface area contributed by atoms with Crippen LogP contribution in [-0.2, 0) is 6.54 Å². The molecule has 0 atom stereocenters. The number of rotatable bonds is 4. The fraction of sp³-hybridized carbons (Fsp3) is 0.0556. The lowest BCUT2D eigenvalue weighted by Crippen LogP contribution is -1.99. The zero-order valence-electron chi connectivity index (χ0n) is 12.9. The Labute approximate surface area is 147 Å². The molecular formula is C18H12ClN3O3. The van der Waals surface area contributed by atoms with E-state index in [9.17, 15) is 10.1 Å². The molecule has 0 saturated heterocycles. The van der Waals surface area contributed by atoms with Crippen molar-refractivity contribution in [2.45, 2.75) is 6.54 Å². The summed E-state index contributed by atoms with van der Waals surface area (Å²) in [4.78, 5) is 14.9. The molecule has 0 radical (unpaired) electrons. The molecular weight excluding hydrogens is 342 g/mol. The van der Waals surface area contributed by atoms with Crippen LogP contribution in [0.2, 0.25) is 5.02 Å². The lowest BCUT2D eigenvalue weighted by atomic mass is 10.1. The first kappa shape index (κ1) is 15.4. The number of pyridine rings is 1. The molecule has 1 N–H and O–H groups in total. The third kappa shape index (κ3) is 2.88. The number of nitrogens with zero attached hydrogens (tertiary/aromatic N) is 2. The summed E-state index contributed by atoms with van der Waals surface area (Å²) in [5.41, 5.74) is 2.83. The summed E-state index contributed by atoms with van der Waals surface area (Å²) >= 11 is 6.01. The van der Waals surface area contributed by atoms with E-state index in [1.54, 1.807) is 12.3 Å². The van der Waals surface area contributed by atoms with E-state index in [2.05, 4.69) is 10.3 Å². The van der Waals surface area contributed by atoms with Gasteiger partial charge in [0.25, 0.3) is 5.69 Å². The summed E-state index contributed by atoms with van der Waals surface area (Å²) in [5, 5.41) is 16.4. The topological polar surface area (TPSA) is 81.2 Å². The predicted molar refractivity (Wildman–Crippen MR) is 96.9 cm³/mol. The Kier molecular flexibility index (Phi) is 3.74. The number of nitro groups is 1. The van der Waals surface area contributed by atoms with Gasteiger partial charge < -0.3 is 9.73 Å². The van der Waals surface area contributed by atoms with Crippen molar-refractivity contribution in [2.24, 2.45) is 0 Å². The van der Waals surface area contributed by atoms with E-state index in [1.165, 1.54) is 12.1 Å². The SMILES string of the molecule is O=[N+]([O-])c1ccc2oc3nccc(NCc4cccc(Cl)c4)c3c2c1. The van der Waals surface area contributed by atoms with Crippen LogP contribution in [0, 0.1) is 10.1 Å². The number of halogens is 1. The fourth-order valence-corrected chi connectivity index (χ4v) is 3.00. The molecule has 0 aliphatic carbocycles. The van der Waals surface area contributed by atoms with Gasteiger partial charge in [-0.2, -0.15) is 0 Å². The molecule has 2 aromatic carbocycles. The first-order valence-corrected chi connectivity index (χ1v) is 7.93. The average molecular weight is 354 g/mol. The highest BCUT2D eigenvalue weighted by molar-refractivity contribution is 6.30. The zero-order valence-corrected chi connectivity index (χ0v) is 13.7. The maximum Gasteiger partial charge on any atom is 0.270 e. The zero-order chi connectivity index (χ0) is 17.4. The van der Waals surface area contributed by atoms with E-state index in [0.29, 0.717) is 28.3 Å². The summed E-state index contributed by atoms with van der Waals surface area (Å²) in [6.45, 7) is 0.557. The quantitative estimate of drug-likeness (QED) is 0.405. The maximum atomic E-state index is 11.1. The van der Waals surface area contributed by atoms with Crippen LogP contribution in [0.3, 0.4) is 0 Å². The molecule has 0 amide bonds. The van der Waals surface area contributed by atoms with Gasteiger partial charge in [-0.05, 0) is 29.8 Å². The molecule has 4 rings (SSSR count). The monoisotopic (exact) mass is 353 g/mol. The molecule has 124 valence electrons. The van der Waals surface area contributed by atoms with Crippen molar-refractivity contribution in [2.75, 3.05) is 5.32 Å². The number of furan rings is 1. The molecule has 0 bridgehead atoms. The Morgan fingerprint density at radius 1 is 1.20 bits per heavy atom. The number of anilines is 1. The van der Waals surface area contributed by atoms with Crippen molar-refractivity contribution < 1.29 is 9.34 Å². The number of hydrogen-bond donors (Lipinski definition) is 1. The number of nitrogens with one attached hydrogen (secondary N) is 1. The summed E-state index contributed by atoms with van der Waals surface area (Å²) in [6.07, 6.45) is 1.64. The third-order valence-electron chi connectivity index (χ3n) is 3.94. The molecule has 7 heteroatoms. The van der Waals surface area contributed by atoms with Gasteiger partial charge in [0.2, 0.25) is 5.71 Å². The first-order valence-electron chi connectivity index (χ1n) is 7.56. The van der Waals surface area contributed by atoms with Gasteiger partial charge in [0, 0.05) is 41.0 Å². The summed E-state index contributed by atoms with van der Waals surface area (Å²) in [6, 6.07) is 13.9. The van der Waals surface area contributed by atoms with E-state index in [-0.39, 0.29) is 5.69 Å². The van der Waals surface area contributed by atoms with Crippen LogP contribution < -0.4 is 5.32 Å². The van der Waals surface area contributed by atoms with Gasteiger partial charge in [-0.25, -0.2) is 4.98 Å². The van der Waals surface area contributed by atoms with E-state index < -0.39 is 4.92 Å². The molecule has 2 heterocycles. The Morgan fingerprint density at radius 3 is 2.88 bits per heavy atom. The van der Waals surface area contributed by atoms with Crippen molar-refractivity contribution in [3.8, 4) is 0 Å². The Bertz CT molecular complexity index is 1110. The molecule has 0 fully saturated rings. The standard InChI is InChI=1S/C18H12ClN3O3/c19-12-3-1-2-11(8-12)10-21-15-6-7-20-18-17(15)14-9-13(22(23)24)4-5-16(14)25-18/h1-9H,10H2,(H,20,21). The van der Waals surface area contributed by atoms with Crippen molar-refractivity contribution in [3.05, 3.63) is 75.4 Å². The molecule has 2 aromatic heterocycles. The van der Waals surface area contributed by atoms with Gasteiger partial charge in [-0.3, -0.25) is 10.1 Å². The molecule has 0 spiro atoms. The third-order valence-corrected chi connectivity index (χ3v) is 4.17. The summed E-state index contributed by atoms with van der Waals surface area (Å²) < 4.78 is 5.70. The van der Waals surface area contributed by atoms with Gasteiger partial charge in [0.15, 0.2) is 0 Å². The number of fused-ring (bicyclic) bond motifs is 3. The lowest BCUT2D eigenvalue weighted by Gasteiger charge is -2.08. The first-order chi connectivity index (χ1) is 12.1. The Morgan fingerprint density at radius 2 is 2.08 bits per heavy atom. The number of aromatic nitrogens is 1. The largest absolute Gasteiger partial charge is 0.438 e. The van der Waals surface area contributed by atoms with Crippen LogP contribution in [0.4, 0.5) is 11.4 Å². The van der Waals surface area contributed by atoms with E-state index in [1.807, 2.05) is 30.3 Å². The average Bonchev–Trinajstić information content (AvgIpc) is 2.98. The molecule has 0 saturated carbocycles. The number of nitro benzene ring substituents is 1. The van der Waals surface area contributed by atoms with Gasteiger partial charge in [-0.1, -0.05) is 23.7 Å². The van der Waals surface area contributed by atoms with Crippen LogP contribution in [0.5, 0.6) is 0 Å². The van der Waals surface area contributed by atoms with Crippen molar-refractivity contribution in [1.29, 1.82) is 0 Å². The number of benzene rings is 2. The summed E-state index contributed by atoms with van der Waals surface area (Å²) in [5.74, 6) is 0. The summed E-state index contributed by atoms with van der Waals surface area (Å²) in [7, 11) is 0. The van der Waals surface area contributed by atoms with Crippen LogP contribution in [-0.4, -0.2) is 9.91 Å². The minimum absolute atomic E-state index is 0.0137. The van der Waals surface area contributed by atoms with Crippen LogP contribution >= 0.6 is 11.6 Å². The molecule has 4 aromatic rings. The second kappa shape index (κ2) is 6.07. The van der Waals surface area contributed by atoms with Gasteiger partial charge >= 0.3 is 0 Å². The Hall–Kier alpha value is -3.12. The van der Waals surface area contributed by atoms with E-state index >= 15 is 0 Å². The fourth-order valence-electron chi connectivity index (χ4n) is 2.79. The highest BCUT2D eigenvalue weighted by atomic mass is 35.5. The molecule has 0 aliphatic rings. The van der Waals surface area contributed by atoms with Crippen LogP contribution in [0.15, 0.2) is 59.1 Å². The minimum atomic E-state index is -0.423. The maximum absolute atomic E-state index is 11.1. The highest BCUT2D eigenvalue weighted by Gasteiger charge is 2.15. The van der Waals surface area contributed by atoms with Crippen molar-refractivity contribution in [1.82, 2.24) is 4.98 Å². The lowest BCUT2D eigenvalue weighted by molar-refractivity contribution is -0.384. The normalized spacial score (nSPS) is 11.1. The molecule has 6 nitrogen and oxygen atoms in total. The second-order valence-electron chi connectivity index (χ2n) is 5.56. The second-order valence-corrected chi connectivity index (χ2v) is 6.00. The molecule has 0 unspecified atom stereocenters. The van der Waals surface area contributed by atoms with E-state index in [4.69, 9.17) is 16.0 Å². The predicted octanol–water partition coefficient (Wildman–Crippen LogP) is 5.15. The van der Waals surface area contributed by atoms with Gasteiger partial charge in [-0.15, -0.1) is 0 Å². The van der Waals surface area contributed by atoms with Crippen LogP contribution in [0.25, 0.3) is 22.1 Å². The molecule has 0 aliphatic heterocycles. The smallest absolute Gasteiger partial charge is 0.270 e. The van der Waals surface area contributed by atoms with Crippen molar-refractivity contribution in [3.63, 3.8) is 0 Å². The Balaban J connectivity index is 1.79. The molecule has 25 heavy (non-hydrogen) atoms. The number of non-ortho nitro benzene ring substituents is 1. The highest BCUT2D eigenvalue weighted by Crippen LogP contribution is 2.35. The van der Waals surface area contributed by atoms with Gasteiger partial charge in [0.05, 0.1) is 10.3 Å². The number of hydrogen-bond acceptors (Lipinski definition) is 5. The minimum Gasteiger partial charge on any atom is -0.438 e. The van der Waals surface area contributed by atoms with E-state index in [0.717, 1.165) is 16.6 Å². The van der Waals surface area contributed by atoms with Crippen LogP contribution in [0.1, 0.15) is 5.56 Å². The van der Waals surface area contributed by atoms with Crippen molar-refractivity contribution >= 4 is 45.0 Å².